The van der Waals surface area contributed by atoms with Crippen molar-refractivity contribution in [1.29, 1.82) is 0 Å². The minimum absolute atomic E-state index is 0.206. The molecule has 0 radical (unpaired) electrons. The van der Waals surface area contributed by atoms with Crippen molar-refractivity contribution in [2.45, 2.75) is 71.1 Å². The Morgan fingerprint density at radius 2 is 1.44 bits per heavy atom. The molecular formula is C31H35F3. The summed E-state index contributed by atoms with van der Waals surface area (Å²) in [5, 5.41) is 1.56. The number of aryl methyl sites for hydroxylation is 3. The third-order valence-electron chi connectivity index (χ3n) is 7.55. The van der Waals surface area contributed by atoms with Crippen molar-refractivity contribution in [2.75, 3.05) is 0 Å². The molecule has 1 saturated carbocycles. The Kier molecular flexibility index (Phi) is 8.48. The molecule has 1 fully saturated rings. The highest BCUT2D eigenvalue weighted by Crippen LogP contribution is 2.34. The molecule has 0 atom stereocenters. The zero-order chi connectivity index (χ0) is 23.9. The van der Waals surface area contributed by atoms with Crippen LogP contribution in [0, 0.1) is 29.3 Å². The standard InChI is InChI=1S/C31H35F3/c1-2-3-4-5-22-6-8-23(9-7-22)10-11-24-13-18-28-27(20-24)17-16-26(31(28)34)15-12-25-14-19-29(32)30(33)21-25/h2-3,13-14,16-23H,4-12,15H2,1H3/b3-2+. The molecule has 0 bridgehead atoms. The molecule has 1 aliphatic carbocycles. The van der Waals surface area contributed by atoms with Crippen molar-refractivity contribution < 1.29 is 13.2 Å². The van der Waals surface area contributed by atoms with E-state index >= 15 is 4.39 Å². The van der Waals surface area contributed by atoms with Crippen molar-refractivity contribution in [3.63, 3.8) is 0 Å². The third kappa shape index (κ3) is 6.31. The van der Waals surface area contributed by atoms with Gasteiger partial charge >= 0.3 is 0 Å². The summed E-state index contributed by atoms with van der Waals surface area (Å²) in [5.41, 5.74) is 2.55. The molecule has 0 nitrogen and oxygen atoms in total. The topological polar surface area (TPSA) is 0 Å². The van der Waals surface area contributed by atoms with Crippen molar-refractivity contribution >= 4 is 10.8 Å². The molecule has 0 saturated heterocycles. The van der Waals surface area contributed by atoms with E-state index in [1.54, 1.807) is 6.07 Å². The first-order valence-electron chi connectivity index (χ1n) is 12.8. The SMILES string of the molecule is C/C=C/CCC1CCC(CCc2ccc3c(F)c(CCc4ccc(F)c(F)c4)ccc3c2)CC1. The Bertz CT molecular complexity index is 1120. The lowest BCUT2D eigenvalue weighted by molar-refractivity contribution is 0.254. The van der Waals surface area contributed by atoms with Gasteiger partial charge in [-0.2, -0.15) is 0 Å². The summed E-state index contributed by atoms with van der Waals surface area (Å²) in [7, 11) is 0. The van der Waals surface area contributed by atoms with Crippen LogP contribution < -0.4 is 0 Å². The summed E-state index contributed by atoms with van der Waals surface area (Å²) in [4.78, 5) is 0. The molecule has 3 heteroatoms. The summed E-state index contributed by atoms with van der Waals surface area (Å²) in [5.74, 6) is -0.218. The third-order valence-corrected chi connectivity index (χ3v) is 7.55. The van der Waals surface area contributed by atoms with E-state index in [2.05, 4.69) is 31.2 Å². The Morgan fingerprint density at radius 3 is 2.18 bits per heavy atom. The van der Waals surface area contributed by atoms with E-state index in [4.69, 9.17) is 0 Å². The van der Waals surface area contributed by atoms with Gasteiger partial charge in [0.1, 0.15) is 5.82 Å². The zero-order valence-electron chi connectivity index (χ0n) is 20.1. The Balaban J connectivity index is 1.32. The predicted molar refractivity (Wildman–Crippen MR) is 135 cm³/mol. The molecule has 1 aliphatic rings. The molecule has 0 aromatic heterocycles. The van der Waals surface area contributed by atoms with E-state index < -0.39 is 11.6 Å². The lowest BCUT2D eigenvalue weighted by Gasteiger charge is -2.28. The van der Waals surface area contributed by atoms with Gasteiger partial charge in [0.25, 0.3) is 0 Å². The minimum Gasteiger partial charge on any atom is -0.206 e. The van der Waals surface area contributed by atoms with Gasteiger partial charge in [0, 0.05) is 5.39 Å². The van der Waals surface area contributed by atoms with Gasteiger partial charge in [0.2, 0.25) is 0 Å². The molecule has 0 N–H and O–H groups in total. The number of halogens is 3. The molecule has 34 heavy (non-hydrogen) atoms. The maximum Gasteiger partial charge on any atom is 0.159 e. The van der Waals surface area contributed by atoms with Crippen LogP contribution in [0.25, 0.3) is 10.8 Å². The van der Waals surface area contributed by atoms with Crippen LogP contribution >= 0.6 is 0 Å². The minimum atomic E-state index is -0.860. The number of allylic oxidation sites excluding steroid dienone is 2. The number of hydrogen-bond acceptors (Lipinski definition) is 0. The molecule has 0 amide bonds. The first-order chi connectivity index (χ1) is 16.5. The highest BCUT2D eigenvalue weighted by Gasteiger charge is 2.20. The first kappa shape index (κ1) is 24.6. The normalized spacial score (nSPS) is 18.7. The summed E-state index contributed by atoms with van der Waals surface area (Å²) < 4.78 is 41.7. The smallest absolute Gasteiger partial charge is 0.159 e. The van der Waals surface area contributed by atoms with Crippen molar-refractivity contribution in [1.82, 2.24) is 0 Å². The maximum absolute atomic E-state index is 15.1. The molecule has 0 unspecified atom stereocenters. The lowest BCUT2D eigenvalue weighted by Crippen LogP contribution is -2.15. The van der Waals surface area contributed by atoms with Crippen LogP contribution in [0.1, 0.15) is 68.6 Å². The van der Waals surface area contributed by atoms with Gasteiger partial charge in [0.15, 0.2) is 11.6 Å². The molecule has 0 heterocycles. The van der Waals surface area contributed by atoms with Gasteiger partial charge in [-0.1, -0.05) is 74.2 Å². The molecule has 4 rings (SSSR count). The van der Waals surface area contributed by atoms with Crippen molar-refractivity contribution in [3.05, 3.63) is 94.8 Å². The summed E-state index contributed by atoms with van der Waals surface area (Å²) in [6.45, 7) is 2.09. The van der Waals surface area contributed by atoms with Gasteiger partial charge in [0.05, 0.1) is 0 Å². The van der Waals surface area contributed by atoms with E-state index in [0.717, 1.165) is 29.7 Å². The fourth-order valence-electron chi connectivity index (χ4n) is 5.39. The van der Waals surface area contributed by atoms with Crippen LogP contribution in [0.4, 0.5) is 13.2 Å². The summed E-state index contributed by atoms with van der Waals surface area (Å²) in [6.07, 6.45) is 15.5. The average molecular weight is 465 g/mol. The average Bonchev–Trinajstić information content (AvgIpc) is 2.85. The second kappa shape index (κ2) is 11.7. The van der Waals surface area contributed by atoms with Crippen LogP contribution in [-0.4, -0.2) is 0 Å². The fraction of sp³-hybridized carbons (Fsp3) is 0.419. The molecule has 180 valence electrons. The summed E-state index contributed by atoms with van der Waals surface area (Å²) in [6, 6.07) is 13.8. The zero-order valence-corrected chi connectivity index (χ0v) is 20.1. The van der Waals surface area contributed by atoms with Crippen LogP contribution in [0.5, 0.6) is 0 Å². The predicted octanol–water partition coefficient (Wildman–Crippen LogP) is 9.14. The van der Waals surface area contributed by atoms with Crippen molar-refractivity contribution in [3.8, 4) is 0 Å². The maximum atomic E-state index is 15.1. The van der Waals surface area contributed by atoms with Crippen LogP contribution in [0.3, 0.4) is 0 Å². The van der Waals surface area contributed by atoms with E-state index in [-0.39, 0.29) is 5.82 Å². The fourth-order valence-corrected chi connectivity index (χ4v) is 5.39. The van der Waals surface area contributed by atoms with E-state index in [1.807, 2.05) is 18.2 Å². The summed E-state index contributed by atoms with van der Waals surface area (Å²) >= 11 is 0. The molecule has 0 aliphatic heterocycles. The lowest BCUT2D eigenvalue weighted by atomic mass is 9.78. The Hall–Kier alpha value is -2.55. The Labute approximate surface area is 201 Å². The van der Waals surface area contributed by atoms with Gasteiger partial charge in [-0.3, -0.25) is 0 Å². The molecular weight excluding hydrogens is 429 g/mol. The van der Waals surface area contributed by atoms with E-state index in [1.165, 1.54) is 56.6 Å². The first-order valence-corrected chi connectivity index (χ1v) is 12.8. The van der Waals surface area contributed by atoms with E-state index in [9.17, 15) is 8.78 Å². The Morgan fingerprint density at radius 1 is 0.735 bits per heavy atom. The number of benzene rings is 3. The quantitative estimate of drug-likeness (QED) is 0.277. The number of rotatable bonds is 9. The van der Waals surface area contributed by atoms with Gasteiger partial charge in [-0.15, -0.1) is 0 Å². The van der Waals surface area contributed by atoms with Crippen molar-refractivity contribution in [2.24, 2.45) is 11.8 Å². The molecule has 3 aromatic rings. The monoisotopic (exact) mass is 464 g/mol. The second-order valence-corrected chi connectivity index (χ2v) is 9.91. The van der Waals surface area contributed by atoms with Gasteiger partial charge in [-0.25, -0.2) is 13.2 Å². The second-order valence-electron chi connectivity index (χ2n) is 9.91. The van der Waals surface area contributed by atoms with Gasteiger partial charge < -0.3 is 0 Å². The highest BCUT2D eigenvalue weighted by molar-refractivity contribution is 5.84. The molecule has 3 aromatic carbocycles. The van der Waals surface area contributed by atoms with Gasteiger partial charge in [-0.05, 0) is 91.5 Å². The number of fused-ring (bicyclic) bond motifs is 1. The molecule has 0 spiro atoms. The van der Waals surface area contributed by atoms with Crippen LogP contribution in [0.2, 0.25) is 0 Å². The number of hydrogen-bond donors (Lipinski definition) is 0. The van der Waals surface area contributed by atoms with E-state index in [0.29, 0.717) is 29.4 Å². The highest BCUT2D eigenvalue weighted by atomic mass is 19.2. The van der Waals surface area contributed by atoms with Crippen LogP contribution in [-0.2, 0) is 19.3 Å². The van der Waals surface area contributed by atoms with Crippen LogP contribution in [0.15, 0.2) is 60.7 Å². The largest absolute Gasteiger partial charge is 0.206 e.